The Morgan fingerprint density at radius 3 is 2.49 bits per heavy atom. The van der Waals surface area contributed by atoms with Crippen LogP contribution >= 0.6 is 0 Å². The van der Waals surface area contributed by atoms with E-state index >= 15 is 0 Å². The molecule has 2 aliphatic rings. The van der Waals surface area contributed by atoms with Crippen LogP contribution in [0, 0.1) is 5.41 Å². The molecule has 0 atom stereocenters. The Kier molecular flexibility index (Phi) is 8.39. The zero-order valence-corrected chi connectivity index (χ0v) is 25.8. The summed E-state index contributed by atoms with van der Waals surface area (Å²) in [4.78, 5) is 20.5. The van der Waals surface area contributed by atoms with Crippen molar-refractivity contribution in [1.82, 2.24) is 9.88 Å². The third kappa shape index (κ3) is 6.73. The summed E-state index contributed by atoms with van der Waals surface area (Å²) in [6, 6.07) is 19.0. The quantitative estimate of drug-likeness (QED) is 0.211. The van der Waals surface area contributed by atoms with Gasteiger partial charge in [0.2, 0.25) is 0 Å². The molecule has 1 aliphatic carbocycles. The SMILES string of the molecule is COC(=O)c1ccc(N2CCN(CC3=C(c4cccc(C(F)(F)F)c4)CC(C)(C)CC3)CC2)cc1Oc1cccc2[nH]ccc12. The number of fused-ring (bicyclic) bond motifs is 1. The molecule has 1 aromatic heterocycles. The molecular formula is C36H38F3N3O3. The van der Waals surface area contributed by atoms with E-state index in [4.69, 9.17) is 9.47 Å². The van der Waals surface area contributed by atoms with Crippen LogP contribution in [0.5, 0.6) is 11.5 Å². The maximum Gasteiger partial charge on any atom is 0.416 e. The highest BCUT2D eigenvalue weighted by Crippen LogP contribution is 2.44. The highest BCUT2D eigenvalue weighted by molar-refractivity contribution is 5.94. The van der Waals surface area contributed by atoms with Gasteiger partial charge in [-0.1, -0.05) is 37.6 Å². The Hall–Kier alpha value is -4.24. The number of nitrogens with zero attached hydrogens (tertiary/aromatic N) is 2. The molecule has 1 N–H and O–H groups in total. The third-order valence-corrected chi connectivity index (χ3v) is 9.02. The number of hydrogen-bond acceptors (Lipinski definition) is 5. The van der Waals surface area contributed by atoms with E-state index in [-0.39, 0.29) is 5.41 Å². The summed E-state index contributed by atoms with van der Waals surface area (Å²) in [5, 5.41) is 0.914. The number of anilines is 1. The molecule has 0 unspecified atom stereocenters. The predicted molar refractivity (Wildman–Crippen MR) is 171 cm³/mol. The summed E-state index contributed by atoms with van der Waals surface area (Å²) in [5.41, 5.74) is 4.64. The molecule has 0 bridgehead atoms. The molecule has 1 fully saturated rings. The van der Waals surface area contributed by atoms with Crippen molar-refractivity contribution < 1.29 is 27.4 Å². The number of nitrogens with one attached hydrogen (secondary N) is 1. The van der Waals surface area contributed by atoms with Gasteiger partial charge in [-0.3, -0.25) is 4.90 Å². The number of esters is 1. The van der Waals surface area contributed by atoms with Crippen LogP contribution in [0.15, 0.2) is 78.5 Å². The number of benzene rings is 3. The van der Waals surface area contributed by atoms with Crippen molar-refractivity contribution in [3.05, 3.63) is 95.2 Å². The van der Waals surface area contributed by atoms with E-state index in [9.17, 15) is 18.0 Å². The molecule has 1 saturated heterocycles. The number of carbonyl (C=O) groups is 1. The molecule has 0 radical (unpaired) electrons. The van der Waals surface area contributed by atoms with Gasteiger partial charge < -0.3 is 19.4 Å². The number of aromatic amines is 1. The van der Waals surface area contributed by atoms with E-state index in [0.717, 1.165) is 80.2 Å². The number of allylic oxidation sites excluding steroid dienone is 1. The first-order valence-electron chi connectivity index (χ1n) is 15.3. The van der Waals surface area contributed by atoms with Crippen molar-refractivity contribution >= 4 is 28.1 Å². The number of halogens is 3. The van der Waals surface area contributed by atoms with Gasteiger partial charge in [0.15, 0.2) is 0 Å². The third-order valence-electron chi connectivity index (χ3n) is 9.02. The lowest BCUT2D eigenvalue weighted by Crippen LogP contribution is -2.47. The number of ether oxygens (including phenoxy) is 2. The first-order chi connectivity index (χ1) is 21.5. The Balaban J connectivity index is 1.20. The van der Waals surface area contributed by atoms with Crippen molar-refractivity contribution in [2.75, 3.05) is 44.7 Å². The normalized spacial score (nSPS) is 17.5. The number of rotatable bonds is 7. The van der Waals surface area contributed by atoms with E-state index < -0.39 is 17.7 Å². The van der Waals surface area contributed by atoms with Gasteiger partial charge in [-0.2, -0.15) is 13.2 Å². The van der Waals surface area contributed by atoms with Crippen LogP contribution in [0.25, 0.3) is 16.5 Å². The van der Waals surface area contributed by atoms with E-state index in [0.29, 0.717) is 22.6 Å². The zero-order chi connectivity index (χ0) is 31.8. The number of carbonyl (C=O) groups excluding carboxylic acids is 1. The minimum Gasteiger partial charge on any atom is -0.465 e. The highest BCUT2D eigenvalue weighted by atomic mass is 19.4. The van der Waals surface area contributed by atoms with Gasteiger partial charge in [-0.15, -0.1) is 0 Å². The number of methoxy groups -OCH3 is 1. The smallest absolute Gasteiger partial charge is 0.416 e. The molecule has 0 saturated carbocycles. The van der Waals surface area contributed by atoms with Crippen molar-refractivity contribution in [1.29, 1.82) is 0 Å². The van der Waals surface area contributed by atoms with Crippen molar-refractivity contribution in [3.63, 3.8) is 0 Å². The second-order valence-corrected chi connectivity index (χ2v) is 12.7. The summed E-state index contributed by atoms with van der Waals surface area (Å²) in [6.45, 7) is 8.27. The summed E-state index contributed by atoms with van der Waals surface area (Å²) < 4.78 is 52.0. The number of alkyl halides is 3. The van der Waals surface area contributed by atoms with Crippen LogP contribution in [0.4, 0.5) is 18.9 Å². The maximum absolute atomic E-state index is 13.5. The average Bonchev–Trinajstić information content (AvgIpc) is 3.52. The van der Waals surface area contributed by atoms with Gasteiger partial charge >= 0.3 is 12.1 Å². The van der Waals surface area contributed by atoms with E-state index in [1.54, 1.807) is 6.07 Å². The van der Waals surface area contributed by atoms with Gasteiger partial charge in [0.25, 0.3) is 0 Å². The van der Waals surface area contributed by atoms with Crippen molar-refractivity contribution in [2.24, 2.45) is 5.41 Å². The number of piperazine rings is 1. The van der Waals surface area contributed by atoms with Crippen molar-refractivity contribution in [3.8, 4) is 11.5 Å². The van der Waals surface area contributed by atoms with Crippen LogP contribution in [-0.4, -0.2) is 55.7 Å². The Labute approximate surface area is 261 Å². The monoisotopic (exact) mass is 617 g/mol. The molecule has 9 heteroatoms. The molecular weight excluding hydrogens is 579 g/mol. The van der Waals surface area contributed by atoms with Crippen LogP contribution in [0.1, 0.15) is 54.6 Å². The fraction of sp³-hybridized carbons (Fsp3) is 0.361. The van der Waals surface area contributed by atoms with Crippen LogP contribution in [0.3, 0.4) is 0 Å². The largest absolute Gasteiger partial charge is 0.465 e. The number of H-pyrrole nitrogens is 1. The fourth-order valence-corrected chi connectivity index (χ4v) is 6.46. The molecule has 3 aromatic carbocycles. The first-order valence-corrected chi connectivity index (χ1v) is 15.3. The van der Waals surface area contributed by atoms with Gasteiger partial charge in [0.1, 0.15) is 17.1 Å². The molecule has 4 aromatic rings. The Morgan fingerprint density at radius 1 is 0.956 bits per heavy atom. The van der Waals surface area contributed by atoms with Crippen LogP contribution in [-0.2, 0) is 10.9 Å². The lowest BCUT2D eigenvalue weighted by molar-refractivity contribution is -0.137. The van der Waals surface area contributed by atoms with Crippen molar-refractivity contribution in [2.45, 2.75) is 39.3 Å². The van der Waals surface area contributed by atoms with Crippen LogP contribution < -0.4 is 9.64 Å². The molecule has 6 rings (SSSR count). The van der Waals surface area contributed by atoms with Crippen LogP contribution in [0.2, 0.25) is 0 Å². The van der Waals surface area contributed by atoms with Gasteiger partial charge in [0.05, 0.1) is 12.7 Å². The van der Waals surface area contributed by atoms with E-state index in [2.05, 4.69) is 28.6 Å². The van der Waals surface area contributed by atoms with Gasteiger partial charge in [0, 0.05) is 61.6 Å². The summed E-state index contributed by atoms with van der Waals surface area (Å²) in [6.07, 6.45) is 0.127. The van der Waals surface area contributed by atoms with E-state index in [1.165, 1.54) is 24.8 Å². The first kappa shape index (κ1) is 30.8. The molecule has 0 spiro atoms. The lowest BCUT2D eigenvalue weighted by atomic mass is 9.72. The molecule has 2 heterocycles. The fourth-order valence-electron chi connectivity index (χ4n) is 6.46. The Bertz CT molecular complexity index is 1730. The second kappa shape index (κ2) is 12.3. The standard InChI is InChI=1S/C36H38F3N3O3/c1-35(2)14-12-25(30(22-35)24-6-4-7-26(20-24)36(37,38)39)23-41-16-18-42(19-17-41)27-10-11-29(34(43)44-3)33(21-27)45-32-9-5-8-31-28(32)13-15-40-31/h4-11,13,15,20-21,40H,12,14,16-19,22-23H2,1-3H3. The lowest BCUT2D eigenvalue weighted by Gasteiger charge is -2.39. The molecule has 0 amide bonds. The summed E-state index contributed by atoms with van der Waals surface area (Å²) >= 11 is 0. The minimum absolute atomic E-state index is 0.0362. The number of hydrogen-bond donors (Lipinski definition) is 1. The average molecular weight is 618 g/mol. The summed E-state index contributed by atoms with van der Waals surface area (Å²) in [5.74, 6) is 0.598. The van der Waals surface area contributed by atoms with Gasteiger partial charge in [-0.25, -0.2) is 4.79 Å². The predicted octanol–water partition coefficient (Wildman–Crippen LogP) is 8.55. The Morgan fingerprint density at radius 2 is 1.73 bits per heavy atom. The minimum atomic E-state index is -4.37. The maximum atomic E-state index is 13.5. The van der Waals surface area contributed by atoms with E-state index in [1.807, 2.05) is 48.7 Å². The second-order valence-electron chi connectivity index (χ2n) is 12.7. The molecule has 236 valence electrons. The number of aromatic nitrogens is 1. The topological polar surface area (TPSA) is 57.8 Å². The molecule has 6 nitrogen and oxygen atoms in total. The van der Waals surface area contributed by atoms with Gasteiger partial charge in [-0.05, 0) is 78.3 Å². The summed E-state index contributed by atoms with van der Waals surface area (Å²) in [7, 11) is 1.35. The zero-order valence-electron chi connectivity index (χ0n) is 25.8. The molecule has 1 aliphatic heterocycles. The highest BCUT2D eigenvalue weighted by Gasteiger charge is 2.33. The molecule has 45 heavy (non-hydrogen) atoms.